The molecule has 3 nitrogen and oxygen atoms in total. The number of hydrogen-bond acceptors (Lipinski definition) is 2. The lowest BCUT2D eigenvalue weighted by atomic mass is 9.71. The molecule has 1 fully saturated rings. The van der Waals surface area contributed by atoms with Gasteiger partial charge in [0, 0.05) is 17.0 Å². The molecule has 0 saturated carbocycles. The smallest absolute Gasteiger partial charge is 0.416 e. The summed E-state index contributed by atoms with van der Waals surface area (Å²) in [6, 6.07) is -0.945. The largest absolute Gasteiger partial charge is 0.443 e. The molecule has 2 aliphatic rings. The van der Waals surface area contributed by atoms with Crippen LogP contribution in [0.2, 0.25) is 0 Å². The predicted octanol–water partition coefficient (Wildman–Crippen LogP) is 4.99. The third-order valence-electron chi connectivity index (χ3n) is 4.60. The molecular weight excluding hydrogens is 352 g/mol. The van der Waals surface area contributed by atoms with Gasteiger partial charge in [-0.1, -0.05) is 13.0 Å². The van der Waals surface area contributed by atoms with Crippen LogP contribution < -0.4 is 0 Å². The van der Waals surface area contributed by atoms with E-state index in [1.807, 2.05) is 0 Å². The van der Waals surface area contributed by atoms with Crippen molar-refractivity contribution in [3.63, 3.8) is 0 Å². The Balaban J connectivity index is 2.48. The topological polar surface area (TPSA) is 29.5 Å². The predicted molar refractivity (Wildman–Crippen MR) is 77.7 cm³/mol. The molecule has 1 unspecified atom stereocenters. The van der Waals surface area contributed by atoms with Gasteiger partial charge in [-0.15, -0.1) is 0 Å². The average Bonchev–Trinajstić information content (AvgIpc) is 2.72. The first-order valence-corrected chi connectivity index (χ1v) is 7.73. The molecule has 142 valence electrons. The molecule has 1 aliphatic carbocycles. The molecule has 25 heavy (non-hydrogen) atoms. The lowest BCUT2D eigenvalue weighted by Crippen LogP contribution is -2.45. The number of allylic oxidation sites excluding steroid dienone is 3. The van der Waals surface area contributed by atoms with E-state index in [2.05, 4.69) is 0 Å². The fourth-order valence-corrected chi connectivity index (χ4v) is 3.57. The summed E-state index contributed by atoms with van der Waals surface area (Å²) in [5.41, 5.74) is -4.28. The Labute approximate surface area is 141 Å². The first-order chi connectivity index (χ1) is 11.2. The highest BCUT2D eigenvalue weighted by Crippen LogP contribution is 2.49. The van der Waals surface area contributed by atoms with Crippen molar-refractivity contribution in [1.82, 2.24) is 4.90 Å². The fraction of sp³-hybridized carbons (Fsp3) is 0.688. The fourth-order valence-electron chi connectivity index (χ4n) is 3.57. The van der Waals surface area contributed by atoms with E-state index < -0.39 is 53.6 Å². The summed E-state index contributed by atoms with van der Waals surface area (Å²) in [6.07, 6.45) is -11.5. The summed E-state index contributed by atoms with van der Waals surface area (Å²) >= 11 is 0. The molecule has 0 aromatic heterocycles. The molecule has 3 atom stereocenters. The Morgan fingerprint density at radius 3 is 2.16 bits per heavy atom. The first kappa shape index (κ1) is 19.7. The number of carbonyl (C=O) groups is 1. The highest BCUT2D eigenvalue weighted by Gasteiger charge is 2.54. The van der Waals surface area contributed by atoms with E-state index in [0.717, 1.165) is 6.08 Å². The summed E-state index contributed by atoms with van der Waals surface area (Å²) in [5, 5.41) is 0. The van der Waals surface area contributed by atoms with Crippen molar-refractivity contribution in [2.75, 3.05) is 0 Å². The van der Waals surface area contributed by atoms with Gasteiger partial charge in [0.1, 0.15) is 6.10 Å². The second-order valence-corrected chi connectivity index (χ2v) is 6.99. The van der Waals surface area contributed by atoms with Crippen molar-refractivity contribution in [2.45, 2.75) is 64.7 Å². The molecule has 1 heterocycles. The molecule has 1 amide bonds. The summed E-state index contributed by atoms with van der Waals surface area (Å²) in [5.74, 6) is 0. The monoisotopic (exact) mass is 371 g/mol. The van der Waals surface area contributed by atoms with E-state index in [0.29, 0.717) is 0 Å². The molecule has 0 aromatic rings. The third-order valence-corrected chi connectivity index (χ3v) is 4.60. The van der Waals surface area contributed by atoms with Crippen molar-refractivity contribution in [3.05, 3.63) is 23.3 Å². The zero-order valence-electron chi connectivity index (χ0n) is 14.1. The van der Waals surface area contributed by atoms with E-state index in [-0.39, 0.29) is 12.1 Å². The molecular formula is C16H19F6NO2. The normalized spacial score (nSPS) is 31.2. The maximum absolute atomic E-state index is 13.1. The Bertz CT molecular complexity index is 619. The van der Waals surface area contributed by atoms with E-state index in [9.17, 15) is 31.1 Å². The van der Waals surface area contributed by atoms with E-state index in [1.54, 1.807) is 20.8 Å². The maximum Gasteiger partial charge on any atom is 0.416 e. The number of cyclic esters (lactones) is 1. The van der Waals surface area contributed by atoms with Gasteiger partial charge in [-0.25, -0.2) is 4.79 Å². The molecule has 0 N–H and O–H groups in total. The van der Waals surface area contributed by atoms with Crippen molar-refractivity contribution in [2.24, 2.45) is 5.41 Å². The van der Waals surface area contributed by atoms with Gasteiger partial charge >= 0.3 is 18.4 Å². The summed E-state index contributed by atoms with van der Waals surface area (Å²) < 4.78 is 83.9. The van der Waals surface area contributed by atoms with Crippen LogP contribution in [0.15, 0.2) is 23.3 Å². The van der Waals surface area contributed by atoms with Gasteiger partial charge in [0.2, 0.25) is 0 Å². The molecule has 1 saturated heterocycles. The van der Waals surface area contributed by atoms with Crippen LogP contribution >= 0.6 is 0 Å². The molecule has 0 spiro atoms. The zero-order chi connectivity index (χ0) is 19.4. The number of amides is 1. The van der Waals surface area contributed by atoms with Gasteiger partial charge in [-0.3, -0.25) is 4.90 Å². The summed E-state index contributed by atoms with van der Waals surface area (Å²) in [7, 11) is 0. The van der Waals surface area contributed by atoms with Crippen LogP contribution in [0.5, 0.6) is 0 Å². The number of halogens is 6. The van der Waals surface area contributed by atoms with Gasteiger partial charge in [-0.2, -0.15) is 26.3 Å². The van der Waals surface area contributed by atoms with Crippen LogP contribution in [0.4, 0.5) is 31.1 Å². The number of hydrogen-bond donors (Lipinski definition) is 0. The Hall–Kier alpha value is -1.67. The zero-order valence-corrected chi connectivity index (χ0v) is 14.1. The van der Waals surface area contributed by atoms with E-state index in [4.69, 9.17) is 4.74 Å². The average molecular weight is 371 g/mol. The lowest BCUT2D eigenvalue weighted by Gasteiger charge is -2.38. The number of ether oxygens (including phenoxy) is 1. The Morgan fingerprint density at radius 1 is 1.20 bits per heavy atom. The third kappa shape index (κ3) is 3.64. The van der Waals surface area contributed by atoms with Crippen molar-refractivity contribution < 1.29 is 35.9 Å². The minimum Gasteiger partial charge on any atom is -0.443 e. The highest BCUT2D eigenvalue weighted by molar-refractivity contribution is 5.71. The SMILES string of the molecule is CC(C)N1C(=O)O[C@H](C2(C)C=C(C(F)(F)F)C=C(C(F)(F)F)C2)[C@H]1C. The van der Waals surface area contributed by atoms with Crippen molar-refractivity contribution in [1.29, 1.82) is 0 Å². The number of alkyl halides is 6. The number of nitrogens with zero attached hydrogens (tertiary/aromatic N) is 1. The maximum atomic E-state index is 13.1. The quantitative estimate of drug-likeness (QED) is 0.640. The van der Waals surface area contributed by atoms with Crippen LogP contribution in [0.1, 0.15) is 34.1 Å². The van der Waals surface area contributed by atoms with Gasteiger partial charge < -0.3 is 4.74 Å². The second-order valence-electron chi connectivity index (χ2n) is 6.99. The molecule has 0 radical (unpaired) electrons. The van der Waals surface area contributed by atoms with Gasteiger partial charge in [0.15, 0.2) is 0 Å². The molecule has 2 rings (SSSR count). The minimum absolute atomic E-state index is 0.128. The lowest BCUT2D eigenvalue weighted by molar-refractivity contribution is -0.105. The first-order valence-electron chi connectivity index (χ1n) is 7.73. The molecule has 0 bridgehead atoms. The van der Waals surface area contributed by atoms with Gasteiger partial charge in [0.05, 0.1) is 11.6 Å². The van der Waals surface area contributed by atoms with E-state index >= 15 is 0 Å². The minimum atomic E-state index is -4.93. The summed E-state index contributed by atoms with van der Waals surface area (Å²) in [4.78, 5) is 13.3. The van der Waals surface area contributed by atoms with Crippen LogP contribution in [0.25, 0.3) is 0 Å². The van der Waals surface area contributed by atoms with Crippen molar-refractivity contribution >= 4 is 6.09 Å². The van der Waals surface area contributed by atoms with E-state index in [1.165, 1.54) is 11.8 Å². The van der Waals surface area contributed by atoms with Gasteiger partial charge in [0.25, 0.3) is 0 Å². The van der Waals surface area contributed by atoms with Crippen LogP contribution in [-0.2, 0) is 4.74 Å². The second kappa shape index (κ2) is 5.95. The summed E-state index contributed by atoms with van der Waals surface area (Å²) in [6.45, 7) is 6.21. The highest BCUT2D eigenvalue weighted by atomic mass is 19.4. The Kier molecular flexibility index (Phi) is 4.68. The standard InChI is InChI=1S/C16H19F6NO2/c1-8(2)23-9(3)12(25-13(23)24)14(4)6-10(15(17,18)19)5-11(7-14)16(20,21)22/h5-6,8-9,12H,7H2,1-4H3/t9-,12+,14?/m1/s1. The number of carbonyl (C=O) groups excluding carboxylic acids is 1. The van der Waals surface area contributed by atoms with Crippen LogP contribution in [-0.4, -0.2) is 41.5 Å². The molecule has 9 heteroatoms. The Morgan fingerprint density at radius 2 is 1.76 bits per heavy atom. The molecule has 0 aromatic carbocycles. The van der Waals surface area contributed by atoms with Crippen LogP contribution in [0.3, 0.4) is 0 Å². The van der Waals surface area contributed by atoms with Gasteiger partial charge in [-0.05, 0) is 33.3 Å². The van der Waals surface area contributed by atoms with Crippen molar-refractivity contribution in [3.8, 4) is 0 Å². The number of rotatable bonds is 2. The van der Waals surface area contributed by atoms with Crippen LogP contribution in [0, 0.1) is 5.41 Å². The molecule has 1 aliphatic heterocycles.